The Bertz CT molecular complexity index is 1790. The van der Waals surface area contributed by atoms with E-state index in [1.54, 1.807) is 61.3 Å². The fourth-order valence-electron chi connectivity index (χ4n) is 5.93. The molecule has 5 rings (SSSR count). The van der Waals surface area contributed by atoms with Crippen LogP contribution in [0.1, 0.15) is 56.0 Å². The maximum absolute atomic E-state index is 14.4. The molecule has 0 spiro atoms. The number of rotatable bonds is 8. The van der Waals surface area contributed by atoms with E-state index < -0.39 is 28.1 Å². The molecule has 2 heterocycles. The molecule has 3 amide bonds. The van der Waals surface area contributed by atoms with Crippen LogP contribution < -0.4 is 24.2 Å². The van der Waals surface area contributed by atoms with E-state index in [9.17, 15) is 23.1 Å². The second-order valence-corrected chi connectivity index (χ2v) is 15.0. The lowest BCUT2D eigenvalue weighted by Gasteiger charge is -2.35. The van der Waals surface area contributed by atoms with Crippen LogP contribution in [0.5, 0.6) is 17.2 Å². The van der Waals surface area contributed by atoms with Gasteiger partial charge in [0.25, 0.3) is 15.9 Å². The molecule has 276 valence electrons. The largest absolute Gasteiger partial charge is 0.490 e. The van der Waals surface area contributed by atoms with Gasteiger partial charge in [-0.1, -0.05) is 24.6 Å². The molecule has 0 bridgehead atoms. The van der Waals surface area contributed by atoms with Crippen molar-refractivity contribution < 1.29 is 42.1 Å². The van der Waals surface area contributed by atoms with Crippen LogP contribution in [0.2, 0.25) is 0 Å². The number of benzene rings is 3. The van der Waals surface area contributed by atoms with Crippen molar-refractivity contribution >= 4 is 33.3 Å². The van der Waals surface area contributed by atoms with E-state index in [0.29, 0.717) is 36.0 Å². The summed E-state index contributed by atoms with van der Waals surface area (Å²) in [7, 11) is -2.27. The monoisotopic (exact) mass is 724 g/mol. The molecule has 0 fully saturated rings. The predicted octanol–water partition coefficient (Wildman–Crippen LogP) is 5.48. The predicted molar refractivity (Wildman–Crippen MR) is 193 cm³/mol. The summed E-state index contributed by atoms with van der Waals surface area (Å²) in [5.41, 5.74) is 1.84. The molecule has 4 atom stereocenters. The van der Waals surface area contributed by atoms with Crippen LogP contribution in [0.4, 0.5) is 16.2 Å². The lowest BCUT2D eigenvalue weighted by atomic mass is 10.0. The van der Waals surface area contributed by atoms with Gasteiger partial charge in [0.1, 0.15) is 5.75 Å². The summed E-state index contributed by atoms with van der Waals surface area (Å²) in [5.74, 6) is 0.768. The minimum Gasteiger partial charge on any atom is -0.490 e. The minimum absolute atomic E-state index is 0.0920. The van der Waals surface area contributed by atoms with Crippen LogP contribution in [0.25, 0.3) is 0 Å². The first-order valence-corrected chi connectivity index (χ1v) is 18.7. The Balaban J connectivity index is 1.39. The van der Waals surface area contributed by atoms with Crippen molar-refractivity contribution in [1.82, 2.24) is 9.80 Å². The molecule has 0 radical (unpaired) electrons. The number of nitrogens with zero attached hydrogens (tertiary/aromatic N) is 2. The molecule has 51 heavy (non-hydrogen) atoms. The van der Waals surface area contributed by atoms with Gasteiger partial charge in [0.15, 0.2) is 11.5 Å². The van der Waals surface area contributed by atoms with Gasteiger partial charge in [0.05, 0.1) is 35.3 Å². The van der Waals surface area contributed by atoms with Crippen LogP contribution in [0, 0.1) is 12.8 Å². The van der Waals surface area contributed by atoms with Crippen LogP contribution >= 0.6 is 0 Å². The summed E-state index contributed by atoms with van der Waals surface area (Å²) >= 11 is 0. The SMILES string of the molecule is Cc1ccc(S(=O)(=O)Nc2ccc3c(c2)C(=O)N([C@@H](C)CO)C[C@@H](C)[C@@H](CN(C)C(=O)Nc2ccc4c(c2)OCO4)OCCCC[C@@H](C)O3)cc1. The normalized spacial score (nSPS) is 20.4. The minimum atomic E-state index is -3.95. The van der Waals surface area contributed by atoms with Gasteiger partial charge < -0.3 is 39.2 Å². The maximum Gasteiger partial charge on any atom is 0.321 e. The number of anilines is 2. The zero-order valence-electron chi connectivity index (χ0n) is 29.8. The van der Waals surface area contributed by atoms with Gasteiger partial charge in [-0.15, -0.1) is 0 Å². The first-order chi connectivity index (χ1) is 24.3. The molecule has 0 saturated heterocycles. The molecule has 2 aliphatic rings. The summed E-state index contributed by atoms with van der Waals surface area (Å²) in [5, 5.41) is 13.2. The molecule has 2 aliphatic heterocycles. The van der Waals surface area contributed by atoms with Gasteiger partial charge >= 0.3 is 6.03 Å². The van der Waals surface area contributed by atoms with Gasteiger partial charge in [-0.05, 0) is 82.5 Å². The number of carbonyl (C=O) groups excluding carboxylic acids is 2. The third-order valence-electron chi connectivity index (χ3n) is 9.06. The van der Waals surface area contributed by atoms with E-state index in [4.69, 9.17) is 18.9 Å². The van der Waals surface area contributed by atoms with Crippen LogP contribution in [0.3, 0.4) is 0 Å². The number of carbonyl (C=O) groups is 2. The van der Waals surface area contributed by atoms with Crippen molar-refractivity contribution in [1.29, 1.82) is 0 Å². The fraction of sp³-hybridized carbons (Fsp3) is 0.459. The Labute approximate surface area is 299 Å². The van der Waals surface area contributed by atoms with Crippen molar-refractivity contribution in [3.63, 3.8) is 0 Å². The number of urea groups is 1. The number of sulfonamides is 1. The highest BCUT2D eigenvalue weighted by atomic mass is 32.2. The Hall–Kier alpha value is -4.53. The highest BCUT2D eigenvalue weighted by Gasteiger charge is 2.31. The summed E-state index contributed by atoms with van der Waals surface area (Å²) in [6.45, 7) is 8.14. The Kier molecular flexibility index (Phi) is 12.3. The summed E-state index contributed by atoms with van der Waals surface area (Å²) in [6, 6.07) is 15.4. The van der Waals surface area contributed by atoms with Gasteiger partial charge in [-0.2, -0.15) is 0 Å². The molecular weight excluding hydrogens is 676 g/mol. The molecule has 3 aromatic rings. The molecule has 0 aromatic heterocycles. The number of aliphatic hydroxyl groups excluding tert-OH is 1. The first kappa shape index (κ1) is 37.7. The Morgan fingerprint density at radius 3 is 2.45 bits per heavy atom. The zero-order chi connectivity index (χ0) is 36.7. The van der Waals surface area contributed by atoms with E-state index in [0.717, 1.165) is 18.4 Å². The van der Waals surface area contributed by atoms with Crippen molar-refractivity contribution in [2.45, 2.75) is 70.1 Å². The van der Waals surface area contributed by atoms with Gasteiger partial charge in [-0.25, -0.2) is 13.2 Å². The van der Waals surface area contributed by atoms with Crippen LogP contribution in [0.15, 0.2) is 65.6 Å². The molecule has 3 N–H and O–H groups in total. The van der Waals surface area contributed by atoms with Crippen molar-refractivity contribution in [3.05, 3.63) is 71.8 Å². The van der Waals surface area contributed by atoms with E-state index in [1.165, 1.54) is 23.1 Å². The number of aryl methyl sites for hydroxylation is 1. The van der Waals surface area contributed by atoms with Crippen LogP contribution in [-0.4, -0.2) is 93.7 Å². The van der Waals surface area contributed by atoms with Crippen molar-refractivity contribution in [3.8, 4) is 17.2 Å². The molecular formula is C37H48N4O9S. The summed E-state index contributed by atoms with van der Waals surface area (Å²) in [4.78, 5) is 30.9. The summed E-state index contributed by atoms with van der Waals surface area (Å²) < 4.78 is 52.5. The Morgan fingerprint density at radius 2 is 1.71 bits per heavy atom. The lowest BCUT2D eigenvalue weighted by molar-refractivity contribution is -0.0115. The molecule has 0 unspecified atom stereocenters. The third kappa shape index (κ3) is 9.63. The van der Waals surface area contributed by atoms with E-state index >= 15 is 0 Å². The van der Waals surface area contributed by atoms with E-state index in [-0.39, 0.29) is 60.7 Å². The van der Waals surface area contributed by atoms with Crippen molar-refractivity contribution in [2.75, 3.05) is 50.2 Å². The third-order valence-corrected chi connectivity index (χ3v) is 10.5. The highest BCUT2D eigenvalue weighted by Crippen LogP contribution is 2.34. The number of likely N-dealkylation sites (N-methyl/N-ethyl adjacent to an activating group) is 1. The van der Waals surface area contributed by atoms with Crippen LogP contribution in [-0.2, 0) is 14.8 Å². The number of ether oxygens (including phenoxy) is 4. The van der Waals surface area contributed by atoms with Gasteiger partial charge in [-0.3, -0.25) is 9.52 Å². The maximum atomic E-state index is 14.4. The number of hydrogen-bond donors (Lipinski definition) is 3. The zero-order valence-corrected chi connectivity index (χ0v) is 30.6. The average molecular weight is 725 g/mol. The quantitative estimate of drug-likeness (QED) is 0.274. The molecule has 0 saturated carbocycles. The lowest BCUT2D eigenvalue weighted by Crippen LogP contribution is -2.48. The topological polar surface area (TPSA) is 156 Å². The first-order valence-electron chi connectivity index (χ1n) is 17.2. The standard InChI is InChI=1S/C37H48N4O9S/c1-24-9-13-30(14-10-24)51(45,46)39-29-12-15-32-31(18-29)36(43)41(26(3)22-42)20-25(2)35(47-17-7-6-8-27(4)50-32)21-40(5)37(44)38-28-11-16-33-34(19-28)49-23-48-33/h9-16,18-19,25-27,35,39,42H,6-8,17,20-23H2,1-5H3,(H,38,44)/t25-,26+,27-,35-/m1/s1. The molecule has 13 nitrogen and oxygen atoms in total. The summed E-state index contributed by atoms with van der Waals surface area (Å²) in [6.07, 6.45) is 1.54. The van der Waals surface area contributed by atoms with Gasteiger partial charge in [0.2, 0.25) is 6.79 Å². The van der Waals surface area contributed by atoms with Crippen molar-refractivity contribution in [2.24, 2.45) is 5.92 Å². The van der Waals surface area contributed by atoms with E-state index in [1.807, 2.05) is 20.8 Å². The second-order valence-electron chi connectivity index (χ2n) is 13.3. The number of aliphatic hydroxyl groups is 1. The molecule has 3 aromatic carbocycles. The highest BCUT2D eigenvalue weighted by molar-refractivity contribution is 7.92. The Morgan fingerprint density at radius 1 is 1.00 bits per heavy atom. The average Bonchev–Trinajstić information content (AvgIpc) is 3.57. The number of fused-ring (bicyclic) bond motifs is 2. The number of nitrogens with one attached hydrogen (secondary N) is 2. The fourth-order valence-corrected chi connectivity index (χ4v) is 6.98. The number of amides is 3. The van der Waals surface area contributed by atoms with Gasteiger partial charge in [0, 0.05) is 50.1 Å². The van der Waals surface area contributed by atoms with E-state index in [2.05, 4.69) is 10.0 Å². The second kappa shape index (κ2) is 16.7. The smallest absolute Gasteiger partial charge is 0.321 e. The molecule has 14 heteroatoms. The number of hydrogen-bond acceptors (Lipinski definition) is 9. The molecule has 0 aliphatic carbocycles.